The van der Waals surface area contributed by atoms with Crippen LogP contribution in [0.3, 0.4) is 0 Å². The number of hydrogen-bond acceptors (Lipinski definition) is 2. The summed E-state index contributed by atoms with van der Waals surface area (Å²) in [5.41, 5.74) is 0. The molecule has 0 N–H and O–H groups in total. The number of alkyl halides is 3. The molecule has 0 bridgehead atoms. The molecule has 1 aliphatic heterocycles. The summed E-state index contributed by atoms with van der Waals surface area (Å²) in [7, 11) is 0. The van der Waals surface area contributed by atoms with Gasteiger partial charge in [0.15, 0.2) is 0 Å². The highest BCUT2D eigenvalue weighted by molar-refractivity contribution is 4.91. The number of rotatable bonds is 1. The highest BCUT2D eigenvalue weighted by Gasteiger charge is 2.41. The summed E-state index contributed by atoms with van der Waals surface area (Å²) in [5, 5.41) is 0. The Morgan fingerprint density at radius 2 is 1.63 bits per heavy atom. The van der Waals surface area contributed by atoms with Gasteiger partial charge in [0, 0.05) is 24.9 Å². The summed E-state index contributed by atoms with van der Waals surface area (Å²) in [6.07, 6.45) is 0.131. The van der Waals surface area contributed by atoms with Crippen molar-refractivity contribution < 1.29 is 17.9 Å². The smallest absolute Gasteiger partial charge is 0.118 e. The summed E-state index contributed by atoms with van der Waals surface area (Å²) in [5.74, 6) is 0.174. The predicted octanol–water partition coefficient (Wildman–Crippen LogP) is 3.01. The van der Waals surface area contributed by atoms with Crippen molar-refractivity contribution in [2.24, 2.45) is 5.92 Å². The van der Waals surface area contributed by atoms with Gasteiger partial charge in [0.1, 0.15) is 18.5 Å². The minimum Gasteiger partial charge on any atom is -0.362 e. The Balaban J connectivity index is 1.60. The molecule has 5 heteroatoms. The Bertz CT molecular complexity index is 317. The van der Waals surface area contributed by atoms with E-state index in [0.717, 1.165) is 6.42 Å². The lowest BCUT2D eigenvalue weighted by atomic mass is 9.83. The van der Waals surface area contributed by atoms with Crippen molar-refractivity contribution in [3.05, 3.63) is 0 Å². The number of ether oxygens (including phenoxy) is 1. The summed E-state index contributed by atoms with van der Waals surface area (Å²) in [6.45, 7) is 1.12. The average molecular weight is 277 g/mol. The molecule has 1 heterocycles. The molecular formula is C14H22F3NO. The molecule has 2 aliphatic carbocycles. The number of fused-ring (bicyclic) bond motifs is 1. The quantitative estimate of drug-likeness (QED) is 0.730. The lowest BCUT2D eigenvalue weighted by Gasteiger charge is -2.46. The Morgan fingerprint density at radius 1 is 0.895 bits per heavy atom. The Hall–Kier alpha value is -0.290. The molecule has 19 heavy (non-hydrogen) atoms. The van der Waals surface area contributed by atoms with E-state index in [1.807, 2.05) is 4.90 Å². The molecule has 6 atom stereocenters. The van der Waals surface area contributed by atoms with Crippen molar-refractivity contribution in [2.45, 2.75) is 69.2 Å². The third-order valence-corrected chi connectivity index (χ3v) is 4.92. The van der Waals surface area contributed by atoms with Crippen LogP contribution in [0.2, 0.25) is 0 Å². The zero-order valence-electron chi connectivity index (χ0n) is 11.1. The van der Waals surface area contributed by atoms with Crippen molar-refractivity contribution in [2.75, 3.05) is 13.3 Å². The SMILES string of the molecule is FC1CCC(N2COC3CCC(F)CC3C2)C(F)C1. The molecule has 0 aromatic heterocycles. The van der Waals surface area contributed by atoms with Gasteiger partial charge in [0.25, 0.3) is 0 Å². The highest BCUT2D eigenvalue weighted by atomic mass is 19.1. The van der Waals surface area contributed by atoms with E-state index in [1.54, 1.807) is 0 Å². The molecule has 3 rings (SSSR count). The van der Waals surface area contributed by atoms with Gasteiger partial charge in [-0.3, -0.25) is 4.90 Å². The first-order valence-electron chi connectivity index (χ1n) is 7.41. The van der Waals surface area contributed by atoms with Crippen LogP contribution < -0.4 is 0 Å². The lowest BCUT2D eigenvalue weighted by Crippen LogP contribution is -2.55. The summed E-state index contributed by atoms with van der Waals surface area (Å²) >= 11 is 0. The van der Waals surface area contributed by atoms with E-state index in [2.05, 4.69) is 0 Å². The molecule has 110 valence electrons. The van der Waals surface area contributed by atoms with Crippen LogP contribution in [0.15, 0.2) is 0 Å². The maximum Gasteiger partial charge on any atom is 0.118 e. The molecule has 1 saturated heterocycles. The van der Waals surface area contributed by atoms with E-state index < -0.39 is 18.5 Å². The normalized spacial score (nSPS) is 48.8. The van der Waals surface area contributed by atoms with Crippen molar-refractivity contribution in [1.29, 1.82) is 0 Å². The standard InChI is InChI=1S/C14H22F3NO/c15-10-2-4-14-9(5-10)7-18(8-19-14)13-3-1-11(16)6-12(13)17/h9-14H,1-8H2. The van der Waals surface area contributed by atoms with Crippen LogP contribution in [0, 0.1) is 5.92 Å². The summed E-state index contributed by atoms with van der Waals surface area (Å²) < 4.78 is 46.4. The summed E-state index contributed by atoms with van der Waals surface area (Å²) in [6, 6.07) is -0.243. The first kappa shape index (κ1) is 13.7. The molecule has 2 saturated carbocycles. The van der Waals surface area contributed by atoms with Crippen LogP contribution >= 0.6 is 0 Å². The second-order valence-electron chi connectivity index (χ2n) is 6.27. The molecule has 2 nitrogen and oxygen atoms in total. The monoisotopic (exact) mass is 277 g/mol. The minimum absolute atomic E-state index is 0.000990. The Labute approximate surface area is 112 Å². The fourth-order valence-electron chi connectivity index (χ4n) is 3.83. The van der Waals surface area contributed by atoms with Gasteiger partial charge in [-0.1, -0.05) is 0 Å². The van der Waals surface area contributed by atoms with Crippen LogP contribution in [-0.2, 0) is 4.74 Å². The van der Waals surface area contributed by atoms with Gasteiger partial charge >= 0.3 is 0 Å². The average Bonchev–Trinajstić information content (AvgIpc) is 2.38. The van der Waals surface area contributed by atoms with E-state index in [-0.39, 0.29) is 24.5 Å². The van der Waals surface area contributed by atoms with Crippen molar-refractivity contribution >= 4 is 0 Å². The van der Waals surface area contributed by atoms with Crippen LogP contribution in [0.5, 0.6) is 0 Å². The largest absolute Gasteiger partial charge is 0.362 e. The van der Waals surface area contributed by atoms with Crippen molar-refractivity contribution in [1.82, 2.24) is 4.90 Å². The zero-order chi connectivity index (χ0) is 13.4. The molecule has 0 amide bonds. The van der Waals surface area contributed by atoms with E-state index in [1.165, 1.54) is 0 Å². The Kier molecular flexibility index (Phi) is 4.03. The highest BCUT2D eigenvalue weighted by Crippen LogP contribution is 2.36. The maximum absolute atomic E-state index is 14.0. The minimum atomic E-state index is -1.12. The fourth-order valence-corrected chi connectivity index (χ4v) is 3.83. The van der Waals surface area contributed by atoms with Gasteiger partial charge in [-0.2, -0.15) is 0 Å². The molecule has 6 unspecified atom stereocenters. The first-order valence-corrected chi connectivity index (χ1v) is 7.41. The third kappa shape index (κ3) is 2.92. The molecular weight excluding hydrogens is 255 g/mol. The van der Waals surface area contributed by atoms with Gasteiger partial charge < -0.3 is 4.74 Å². The number of hydrogen-bond donors (Lipinski definition) is 0. The van der Waals surface area contributed by atoms with Crippen LogP contribution in [-0.4, -0.2) is 48.8 Å². The number of halogens is 3. The zero-order valence-corrected chi connectivity index (χ0v) is 11.1. The molecule has 0 radical (unpaired) electrons. The molecule has 0 spiro atoms. The fraction of sp³-hybridized carbons (Fsp3) is 1.00. The van der Waals surface area contributed by atoms with Crippen molar-refractivity contribution in [3.63, 3.8) is 0 Å². The third-order valence-electron chi connectivity index (χ3n) is 4.92. The van der Waals surface area contributed by atoms with Crippen LogP contribution in [0.1, 0.15) is 38.5 Å². The van der Waals surface area contributed by atoms with Gasteiger partial charge in [-0.15, -0.1) is 0 Å². The second kappa shape index (κ2) is 5.60. The topological polar surface area (TPSA) is 12.5 Å². The molecule has 3 aliphatic rings. The van der Waals surface area contributed by atoms with Crippen molar-refractivity contribution in [3.8, 4) is 0 Å². The molecule has 0 aromatic carbocycles. The van der Waals surface area contributed by atoms with E-state index >= 15 is 0 Å². The van der Waals surface area contributed by atoms with Gasteiger partial charge in [-0.05, 0) is 32.1 Å². The first-order chi connectivity index (χ1) is 9.13. The molecule has 3 fully saturated rings. The van der Waals surface area contributed by atoms with Crippen LogP contribution in [0.25, 0.3) is 0 Å². The van der Waals surface area contributed by atoms with Gasteiger partial charge in [-0.25, -0.2) is 13.2 Å². The van der Waals surface area contributed by atoms with Crippen LogP contribution in [0.4, 0.5) is 13.2 Å². The van der Waals surface area contributed by atoms with E-state index in [0.29, 0.717) is 39.0 Å². The second-order valence-corrected chi connectivity index (χ2v) is 6.27. The van der Waals surface area contributed by atoms with Gasteiger partial charge in [0.05, 0.1) is 12.8 Å². The molecule has 0 aromatic rings. The predicted molar refractivity (Wildman–Crippen MR) is 66.1 cm³/mol. The number of nitrogens with zero attached hydrogens (tertiary/aromatic N) is 1. The summed E-state index contributed by atoms with van der Waals surface area (Å²) in [4.78, 5) is 1.97. The Morgan fingerprint density at radius 3 is 2.42 bits per heavy atom. The maximum atomic E-state index is 14.0. The van der Waals surface area contributed by atoms with E-state index in [4.69, 9.17) is 4.74 Å². The van der Waals surface area contributed by atoms with Gasteiger partial charge in [0.2, 0.25) is 0 Å². The van der Waals surface area contributed by atoms with E-state index in [9.17, 15) is 13.2 Å². The lowest BCUT2D eigenvalue weighted by molar-refractivity contribution is -0.150.